The molecule has 0 fully saturated rings. The predicted octanol–water partition coefficient (Wildman–Crippen LogP) is 4.47. The normalized spacial score (nSPS) is 12.1. The summed E-state index contributed by atoms with van der Waals surface area (Å²) < 4.78 is 11.2. The zero-order valence-corrected chi connectivity index (χ0v) is 12.6. The highest BCUT2D eigenvalue weighted by atomic mass is 35.5. The lowest BCUT2D eigenvalue weighted by Crippen LogP contribution is -2.08. The topological polar surface area (TPSA) is 44.5 Å². The molecule has 1 atom stereocenters. The summed E-state index contributed by atoms with van der Waals surface area (Å²) in [6.45, 7) is 3.87. The number of rotatable bonds is 4. The molecule has 0 saturated carbocycles. The molecule has 0 aromatic heterocycles. The van der Waals surface area contributed by atoms with Crippen molar-refractivity contribution in [3.05, 3.63) is 52.5 Å². The lowest BCUT2D eigenvalue weighted by atomic mass is 10.1. The second-order valence-corrected chi connectivity index (χ2v) is 5.10. The third-order valence-electron chi connectivity index (χ3n) is 3.01. The number of methoxy groups -OCH3 is 1. The molecule has 0 bridgehead atoms. The Balaban J connectivity index is 2.43. The van der Waals surface area contributed by atoms with Crippen molar-refractivity contribution in [3.63, 3.8) is 0 Å². The Morgan fingerprint density at radius 3 is 2.40 bits per heavy atom. The molecule has 4 heteroatoms. The number of nitrogens with two attached hydrogens (primary N) is 1. The molecule has 20 heavy (non-hydrogen) atoms. The minimum atomic E-state index is -0.203. The van der Waals surface area contributed by atoms with Crippen LogP contribution in [0.5, 0.6) is 17.2 Å². The van der Waals surface area contributed by atoms with Gasteiger partial charge in [-0.2, -0.15) is 0 Å². The molecule has 0 heterocycles. The van der Waals surface area contributed by atoms with E-state index in [4.69, 9.17) is 26.8 Å². The zero-order chi connectivity index (χ0) is 14.7. The number of hydrogen-bond donors (Lipinski definition) is 1. The first-order valence-corrected chi connectivity index (χ1v) is 6.77. The van der Waals surface area contributed by atoms with E-state index in [0.29, 0.717) is 22.3 Å². The van der Waals surface area contributed by atoms with Crippen molar-refractivity contribution >= 4 is 11.6 Å². The number of benzene rings is 2. The molecule has 0 aliphatic heterocycles. The first kappa shape index (κ1) is 14.7. The fourth-order valence-corrected chi connectivity index (χ4v) is 2.32. The molecule has 106 valence electrons. The maximum Gasteiger partial charge on any atom is 0.146 e. The van der Waals surface area contributed by atoms with E-state index in [2.05, 4.69) is 0 Å². The van der Waals surface area contributed by atoms with Crippen LogP contribution in [0, 0.1) is 6.92 Å². The van der Waals surface area contributed by atoms with Gasteiger partial charge in [0.1, 0.15) is 17.2 Å². The average Bonchev–Trinajstić information content (AvgIpc) is 2.41. The summed E-state index contributed by atoms with van der Waals surface area (Å²) >= 11 is 6.20. The van der Waals surface area contributed by atoms with Crippen molar-refractivity contribution in [2.75, 3.05) is 7.11 Å². The van der Waals surface area contributed by atoms with Crippen LogP contribution in [0.3, 0.4) is 0 Å². The van der Waals surface area contributed by atoms with Gasteiger partial charge in [0, 0.05) is 6.04 Å². The Morgan fingerprint density at radius 1 is 1.10 bits per heavy atom. The van der Waals surface area contributed by atoms with E-state index in [1.54, 1.807) is 7.11 Å². The zero-order valence-electron chi connectivity index (χ0n) is 11.8. The van der Waals surface area contributed by atoms with E-state index < -0.39 is 0 Å². The van der Waals surface area contributed by atoms with E-state index in [1.165, 1.54) is 0 Å². The van der Waals surface area contributed by atoms with Gasteiger partial charge in [0.05, 0.1) is 17.7 Å². The van der Waals surface area contributed by atoms with E-state index >= 15 is 0 Å². The largest absolute Gasteiger partial charge is 0.496 e. The molecule has 3 nitrogen and oxygen atoms in total. The lowest BCUT2D eigenvalue weighted by Gasteiger charge is -2.17. The Hall–Kier alpha value is -1.71. The molecule has 0 aliphatic carbocycles. The molecular formula is C16H18ClNO2. The first-order valence-electron chi connectivity index (χ1n) is 6.39. The van der Waals surface area contributed by atoms with Gasteiger partial charge in [-0.25, -0.2) is 0 Å². The summed E-state index contributed by atoms with van der Waals surface area (Å²) in [6, 6.07) is 11.0. The van der Waals surface area contributed by atoms with Crippen molar-refractivity contribution in [2.45, 2.75) is 19.9 Å². The maximum atomic E-state index is 6.20. The number of ether oxygens (including phenoxy) is 2. The van der Waals surface area contributed by atoms with Gasteiger partial charge in [0.15, 0.2) is 0 Å². The van der Waals surface area contributed by atoms with Crippen LogP contribution in [-0.2, 0) is 0 Å². The van der Waals surface area contributed by atoms with Gasteiger partial charge in [-0.1, -0.05) is 23.7 Å². The van der Waals surface area contributed by atoms with Crippen LogP contribution < -0.4 is 15.2 Å². The van der Waals surface area contributed by atoms with Gasteiger partial charge in [-0.3, -0.25) is 0 Å². The Labute approximate surface area is 124 Å². The van der Waals surface area contributed by atoms with Crippen molar-refractivity contribution in [3.8, 4) is 17.2 Å². The van der Waals surface area contributed by atoms with Crippen molar-refractivity contribution in [1.29, 1.82) is 0 Å². The molecule has 2 rings (SSSR count). The molecule has 0 radical (unpaired) electrons. The number of aryl methyl sites for hydroxylation is 1. The lowest BCUT2D eigenvalue weighted by molar-refractivity contribution is 0.397. The van der Waals surface area contributed by atoms with E-state index in [9.17, 15) is 0 Å². The van der Waals surface area contributed by atoms with E-state index in [1.807, 2.05) is 50.2 Å². The highest BCUT2D eigenvalue weighted by Crippen LogP contribution is 2.37. The van der Waals surface area contributed by atoms with E-state index in [0.717, 1.165) is 11.1 Å². The summed E-state index contributed by atoms with van der Waals surface area (Å²) in [5.41, 5.74) is 7.92. The third-order valence-corrected chi connectivity index (χ3v) is 3.30. The molecule has 0 amide bonds. The molecule has 1 unspecified atom stereocenters. The number of halogens is 1. The molecular weight excluding hydrogens is 274 g/mol. The molecule has 0 spiro atoms. The van der Waals surface area contributed by atoms with Crippen LogP contribution in [0.2, 0.25) is 5.02 Å². The maximum absolute atomic E-state index is 6.20. The molecule has 2 aromatic rings. The van der Waals surface area contributed by atoms with Crippen LogP contribution >= 0.6 is 11.6 Å². The Bertz CT molecular complexity index is 611. The van der Waals surface area contributed by atoms with Crippen LogP contribution in [-0.4, -0.2) is 7.11 Å². The first-order chi connectivity index (χ1) is 9.52. The van der Waals surface area contributed by atoms with Crippen LogP contribution in [0.25, 0.3) is 0 Å². The minimum absolute atomic E-state index is 0.203. The molecule has 2 N–H and O–H groups in total. The van der Waals surface area contributed by atoms with Crippen LogP contribution in [0.15, 0.2) is 36.4 Å². The average molecular weight is 292 g/mol. The molecule has 0 saturated heterocycles. The summed E-state index contributed by atoms with van der Waals surface area (Å²) in [5, 5.41) is 0.573. The second kappa shape index (κ2) is 6.16. The summed E-state index contributed by atoms with van der Waals surface area (Å²) in [7, 11) is 1.61. The summed E-state index contributed by atoms with van der Waals surface area (Å²) in [5.74, 6) is 1.97. The quantitative estimate of drug-likeness (QED) is 0.904. The van der Waals surface area contributed by atoms with Gasteiger partial charge in [0.2, 0.25) is 0 Å². The minimum Gasteiger partial charge on any atom is -0.496 e. The van der Waals surface area contributed by atoms with Gasteiger partial charge in [-0.15, -0.1) is 0 Å². The van der Waals surface area contributed by atoms with Crippen molar-refractivity contribution in [2.24, 2.45) is 5.73 Å². The Kier molecular flexibility index (Phi) is 4.53. The highest BCUT2D eigenvalue weighted by molar-refractivity contribution is 6.32. The SMILES string of the molecule is COc1cccc(Oc2ccc(C)cc2Cl)c1C(C)N. The Morgan fingerprint density at radius 2 is 1.80 bits per heavy atom. The molecule has 2 aromatic carbocycles. The second-order valence-electron chi connectivity index (χ2n) is 4.70. The standard InChI is InChI=1S/C16H18ClNO2/c1-10-7-8-13(12(17)9-10)20-15-6-4-5-14(19-3)16(15)11(2)18/h4-9,11H,18H2,1-3H3. The smallest absolute Gasteiger partial charge is 0.146 e. The van der Waals surface area contributed by atoms with Crippen molar-refractivity contribution in [1.82, 2.24) is 0 Å². The fourth-order valence-electron chi connectivity index (χ4n) is 2.05. The van der Waals surface area contributed by atoms with Crippen LogP contribution in [0.4, 0.5) is 0 Å². The third kappa shape index (κ3) is 3.06. The van der Waals surface area contributed by atoms with E-state index in [-0.39, 0.29) is 6.04 Å². The highest BCUT2D eigenvalue weighted by Gasteiger charge is 2.15. The fraction of sp³-hybridized carbons (Fsp3) is 0.250. The van der Waals surface area contributed by atoms with Crippen LogP contribution in [0.1, 0.15) is 24.1 Å². The summed E-state index contributed by atoms with van der Waals surface area (Å²) in [6.07, 6.45) is 0. The van der Waals surface area contributed by atoms with Gasteiger partial charge < -0.3 is 15.2 Å². The van der Waals surface area contributed by atoms with Crippen molar-refractivity contribution < 1.29 is 9.47 Å². The monoisotopic (exact) mass is 291 g/mol. The van der Waals surface area contributed by atoms with Gasteiger partial charge in [0.25, 0.3) is 0 Å². The summed E-state index contributed by atoms with van der Waals surface area (Å²) in [4.78, 5) is 0. The van der Waals surface area contributed by atoms with Gasteiger partial charge >= 0.3 is 0 Å². The van der Waals surface area contributed by atoms with Gasteiger partial charge in [-0.05, 0) is 43.7 Å². The molecule has 0 aliphatic rings. The predicted molar refractivity (Wildman–Crippen MR) is 81.9 cm³/mol. The number of hydrogen-bond acceptors (Lipinski definition) is 3.